The van der Waals surface area contributed by atoms with Crippen LogP contribution in [0.4, 0.5) is 5.95 Å². The zero-order valence-electron chi connectivity index (χ0n) is 19.2. The van der Waals surface area contributed by atoms with Crippen LogP contribution in [0.1, 0.15) is 30.7 Å². The quantitative estimate of drug-likeness (QED) is 0.511. The smallest absolute Gasteiger partial charge is 0.301 e. The lowest BCUT2D eigenvalue weighted by Gasteiger charge is -2.25. The number of pyridine rings is 1. The van der Waals surface area contributed by atoms with Gasteiger partial charge in [0, 0.05) is 23.5 Å². The van der Waals surface area contributed by atoms with Gasteiger partial charge in [0.15, 0.2) is 0 Å². The summed E-state index contributed by atoms with van der Waals surface area (Å²) in [5.41, 5.74) is 12.1. The van der Waals surface area contributed by atoms with Crippen LogP contribution in [0.2, 0.25) is 0 Å². The van der Waals surface area contributed by atoms with Crippen LogP contribution < -0.4 is 16.4 Å². The molecule has 0 bridgehead atoms. The van der Waals surface area contributed by atoms with Gasteiger partial charge in [0.2, 0.25) is 5.65 Å². The standard InChI is InChI=1S/C25H29N7O/c1-17-15-20(16-18(2)27-17)21-22(19-9-5-3-6-10-19)28-24(26)32-23(21)29-31(25(32)33)14-13-30-11-7-4-8-12-30/h3,5-6,9-10,15-16H,4,7-8,11-14H2,1-2H3,(H2,26,28)/p+1. The number of H-pyrrole nitrogens is 1. The topological polar surface area (TPSA) is 95.6 Å². The van der Waals surface area contributed by atoms with Gasteiger partial charge in [-0.2, -0.15) is 4.68 Å². The van der Waals surface area contributed by atoms with Crippen LogP contribution in [0.25, 0.3) is 28.0 Å². The molecule has 0 amide bonds. The van der Waals surface area contributed by atoms with E-state index in [2.05, 4.69) is 14.9 Å². The fourth-order valence-corrected chi connectivity index (χ4v) is 4.78. The molecule has 8 nitrogen and oxygen atoms in total. The summed E-state index contributed by atoms with van der Waals surface area (Å²) in [5, 5.41) is 4.80. The molecule has 1 aromatic carbocycles. The molecule has 1 fully saturated rings. The number of nitrogen functional groups attached to an aromatic ring is 1. The monoisotopic (exact) mass is 444 g/mol. The maximum Gasteiger partial charge on any atom is 0.411 e. The SMILES string of the molecule is Cc1cc(-c2c(-c3ccccc3)[nH+]c(N)n3c(=O)n(CCN4CCCCC4)nc23)cc(C)n1. The molecule has 0 atom stereocenters. The van der Waals surface area contributed by atoms with Crippen molar-refractivity contribution in [3.8, 4) is 22.4 Å². The molecule has 1 aliphatic heterocycles. The average molecular weight is 445 g/mol. The number of rotatable bonds is 5. The fraction of sp³-hybridized carbons (Fsp3) is 0.360. The van der Waals surface area contributed by atoms with Crippen LogP contribution in [-0.4, -0.2) is 43.7 Å². The molecule has 33 heavy (non-hydrogen) atoms. The molecule has 4 heterocycles. The Morgan fingerprint density at radius 3 is 2.36 bits per heavy atom. The van der Waals surface area contributed by atoms with Gasteiger partial charge >= 0.3 is 11.6 Å². The number of aryl methyl sites for hydroxylation is 2. The Hall–Kier alpha value is -3.52. The van der Waals surface area contributed by atoms with E-state index < -0.39 is 0 Å². The highest BCUT2D eigenvalue weighted by atomic mass is 16.2. The van der Waals surface area contributed by atoms with Gasteiger partial charge in [-0.3, -0.25) is 10.7 Å². The first kappa shape index (κ1) is 21.3. The largest absolute Gasteiger partial charge is 0.411 e. The number of nitrogens with one attached hydrogen (secondary N) is 1. The first-order chi connectivity index (χ1) is 16.0. The molecule has 0 radical (unpaired) electrons. The maximum atomic E-state index is 13.3. The highest BCUT2D eigenvalue weighted by molar-refractivity contribution is 5.88. The third kappa shape index (κ3) is 4.14. The van der Waals surface area contributed by atoms with E-state index in [0.717, 1.165) is 53.4 Å². The number of hydrogen-bond donors (Lipinski definition) is 1. The molecular weight excluding hydrogens is 414 g/mol. The minimum Gasteiger partial charge on any atom is -0.301 e. The Kier molecular flexibility index (Phi) is 5.68. The fourth-order valence-electron chi connectivity index (χ4n) is 4.78. The Morgan fingerprint density at radius 2 is 1.67 bits per heavy atom. The van der Waals surface area contributed by atoms with Gasteiger partial charge in [0.05, 0.1) is 12.1 Å². The Labute approximate surface area is 192 Å². The summed E-state index contributed by atoms with van der Waals surface area (Å²) in [6.07, 6.45) is 3.72. The van der Waals surface area contributed by atoms with Gasteiger partial charge in [-0.1, -0.05) is 36.8 Å². The van der Waals surface area contributed by atoms with Crippen LogP contribution in [0, 0.1) is 13.8 Å². The lowest BCUT2D eigenvalue weighted by Crippen LogP contribution is -2.35. The molecule has 0 aliphatic carbocycles. The number of fused-ring (bicyclic) bond motifs is 1. The summed E-state index contributed by atoms with van der Waals surface area (Å²) in [6, 6.07) is 14.0. The first-order valence-electron chi connectivity index (χ1n) is 11.6. The number of hydrogen-bond acceptors (Lipinski definition) is 5. The molecule has 3 N–H and O–H groups in total. The Morgan fingerprint density at radius 1 is 0.970 bits per heavy atom. The van der Waals surface area contributed by atoms with Crippen molar-refractivity contribution in [2.45, 2.75) is 39.7 Å². The number of anilines is 1. The van der Waals surface area contributed by atoms with Crippen molar-refractivity contribution in [2.75, 3.05) is 25.4 Å². The van der Waals surface area contributed by atoms with E-state index in [1.165, 1.54) is 23.7 Å². The minimum absolute atomic E-state index is 0.223. The van der Waals surface area contributed by atoms with Gasteiger partial charge in [0.25, 0.3) is 0 Å². The van der Waals surface area contributed by atoms with E-state index in [1.54, 1.807) is 4.68 Å². The second-order valence-electron chi connectivity index (χ2n) is 8.83. The molecule has 170 valence electrons. The summed E-state index contributed by atoms with van der Waals surface area (Å²) in [7, 11) is 0. The van der Waals surface area contributed by atoms with E-state index in [-0.39, 0.29) is 11.6 Å². The third-order valence-corrected chi connectivity index (χ3v) is 6.32. The molecular formula is C25H30N7O+. The summed E-state index contributed by atoms with van der Waals surface area (Å²) >= 11 is 0. The van der Waals surface area contributed by atoms with E-state index in [4.69, 9.17) is 10.8 Å². The lowest BCUT2D eigenvalue weighted by atomic mass is 9.99. The molecule has 4 aromatic rings. The number of aromatic nitrogens is 5. The van der Waals surface area contributed by atoms with Crippen LogP contribution in [0.15, 0.2) is 47.3 Å². The normalized spacial score (nSPS) is 14.7. The van der Waals surface area contributed by atoms with E-state index in [0.29, 0.717) is 12.2 Å². The summed E-state index contributed by atoms with van der Waals surface area (Å²) < 4.78 is 3.04. The molecule has 5 rings (SSSR count). The van der Waals surface area contributed by atoms with Crippen LogP contribution in [0.3, 0.4) is 0 Å². The average Bonchev–Trinajstić information content (AvgIpc) is 3.14. The van der Waals surface area contributed by atoms with Crippen molar-refractivity contribution in [3.63, 3.8) is 0 Å². The van der Waals surface area contributed by atoms with Gasteiger partial charge < -0.3 is 4.90 Å². The maximum absolute atomic E-state index is 13.3. The molecule has 0 saturated carbocycles. The van der Waals surface area contributed by atoms with Crippen LogP contribution in [-0.2, 0) is 6.54 Å². The number of benzene rings is 1. The van der Waals surface area contributed by atoms with E-state index in [1.807, 2.05) is 56.3 Å². The summed E-state index contributed by atoms with van der Waals surface area (Å²) in [6.45, 7) is 7.45. The molecule has 0 unspecified atom stereocenters. The molecule has 8 heteroatoms. The second kappa shape index (κ2) is 8.78. The van der Waals surface area contributed by atoms with E-state index in [9.17, 15) is 4.79 Å². The minimum atomic E-state index is -0.223. The number of likely N-dealkylation sites (tertiary alicyclic amines) is 1. The molecule has 0 spiro atoms. The zero-order chi connectivity index (χ0) is 22.9. The van der Waals surface area contributed by atoms with Crippen molar-refractivity contribution in [1.29, 1.82) is 0 Å². The first-order valence-corrected chi connectivity index (χ1v) is 11.6. The summed E-state index contributed by atoms with van der Waals surface area (Å²) in [5.74, 6) is 0.268. The number of nitrogens with two attached hydrogens (primary N) is 1. The third-order valence-electron chi connectivity index (χ3n) is 6.32. The van der Waals surface area contributed by atoms with Gasteiger partial charge in [-0.05, 0) is 57.5 Å². The molecule has 1 saturated heterocycles. The summed E-state index contributed by atoms with van der Waals surface area (Å²) in [4.78, 5) is 23.5. The zero-order valence-corrected chi connectivity index (χ0v) is 19.2. The van der Waals surface area contributed by atoms with Crippen molar-refractivity contribution < 1.29 is 4.98 Å². The highest BCUT2D eigenvalue weighted by Gasteiger charge is 2.26. The van der Waals surface area contributed by atoms with Gasteiger partial charge in [-0.15, -0.1) is 9.50 Å². The number of aromatic amines is 1. The van der Waals surface area contributed by atoms with Gasteiger partial charge in [-0.25, -0.2) is 9.78 Å². The van der Waals surface area contributed by atoms with Crippen molar-refractivity contribution >= 4 is 11.6 Å². The van der Waals surface area contributed by atoms with Crippen LogP contribution in [0.5, 0.6) is 0 Å². The van der Waals surface area contributed by atoms with Crippen molar-refractivity contribution in [3.05, 3.63) is 64.3 Å². The molecule has 3 aromatic heterocycles. The predicted molar refractivity (Wildman–Crippen MR) is 129 cm³/mol. The van der Waals surface area contributed by atoms with Crippen molar-refractivity contribution in [2.24, 2.45) is 0 Å². The predicted octanol–water partition coefficient (Wildman–Crippen LogP) is 2.72. The number of piperidine rings is 1. The Balaban J connectivity index is 1.70. The van der Waals surface area contributed by atoms with Crippen molar-refractivity contribution in [1.82, 2.24) is 24.1 Å². The highest BCUT2D eigenvalue weighted by Crippen LogP contribution is 2.32. The van der Waals surface area contributed by atoms with Crippen LogP contribution >= 0.6 is 0 Å². The van der Waals surface area contributed by atoms with Gasteiger partial charge in [0.1, 0.15) is 5.69 Å². The number of nitrogens with zero attached hydrogens (tertiary/aromatic N) is 5. The molecule has 1 aliphatic rings. The van der Waals surface area contributed by atoms with E-state index >= 15 is 0 Å². The Bertz CT molecular complexity index is 1330. The lowest BCUT2D eigenvalue weighted by molar-refractivity contribution is -0.351. The second-order valence-corrected chi connectivity index (χ2v) is 8.83.